The minimum Gasteiger partial charge on any atom is -0.449 e. The normalized spacial score (nSPS) is 14.0. The van der Waals surface area contributed by atoms with E-state index in [1.165, 1.54) is 0 Å². The maximum Gasteiger partial charge on any atom is 0.291 e. The van der Waals surface area contributed by atoms with Gasteiger partial charge in [0.25, 0.3) is 11.8 Å². The second-order valence-corrected chi connectivity index (χ2v) is 7.14. The lowest BCUT2D eigenvalue weighted by molar-refractivity contribution is 0.0285. The van der Waals surface area contributed by atoms with Crippen molar-refractivity contribution >= 4 is 28.5 Å². The highest BCUT2D eigenvalue weighted by Gasteiger charge is 2.28. The van der Waals surface area contributed by atoms with Crippen molar-refractivity contribution in [2.45, 2.75) is 0 Å². The summed E-state index contributed by atoms with van der Waals surface area (Å²) >= 11 is 0. The molecule has 2 aromatic heterocycles. The Bertz CT molecular complexity index is 1240. The third-order valence-electron chi connectivity index (χ3n) is 5.17. The molecule has 0 radical (unpaired) electrons. The quantitative estimate of drug-likeness (QED) is 0.551. The number of nitrogens with zero attached hydrogens (tertiary/aromatic N) is 3. The Labute approximate surface area is 178 Å². The lowest BCUT2D eigenvalue weighted by Gasteiger charge is -2.26. The molecule has 4 aromatic rings. The molecule has 0 atom stereocenters. The van der Waals surface area contributed by atoms with E-state index in [9.17, 15) is 9.59 Å². The molecule has 156 valence electrons. The van der Waals surface area contributed by atoms with Gasteiger partial charge in [0.05, 0.1) is 18.9 Å². The van der Waals surface area contributed by atoms with Gasteiger partial charge in [-0.05, 0) is 30.3 Å². The molecule has 8 nitrogen and oxygen atoms in total. The van der Waals surface area contributed by atoms with Crippen LogP contribution in [0.25, 0.3) is 16.7 Å². The van der Waals surface area contributed by atoms with Gasteiger partial charge in [-0.3, -0.25) is 9.59 Å². The zero-order valence-corrected chi connectivity index (χ0v) is 16.7. The first-order valence-electron chi connectivity index (χ1n) is 10.0. The first-order chi connectivity index (χ1) is 15.2. The number of carbonyl (C=O) groups is 2. The fraction of sp³-hybridized carbons (Fsp3) is 0.174. The minimum atomic E-state index is -0.419. The maximum absolute atomic E-state index is 13.1. The highest BCUT2D eigenvalue weighted by molar-refractivity contribution is 6.13. The Morgan fingerprint density at radius 3 is 2.48 bits per heavy atom. The van der Waals surface area contributed by atoms with Crippen molar-refractivity contribution in [3.63, 3.8) is 0 Å². The van der Waals surface area contributed by atoms with Crippen molar-refractivity contribution in [2.24, 2.45) is 0 Å². The van der Waals surface area contributed by atoms with Gasteiger partial charge in [0, 0.05) is 24.7 Å². The molecule has 2 amide bonds. The van der Waals surface area contributed by atoms with Gasteiger partial charge in [0.2, 0.25) is 5.76 Å². The Morgan fingerprint density at radius 1 is 0.935 bits per heavy atom. The maximum atomic E-state index is 13.1. The Hall–Kier alpha value is -3.91. The molecule has 0 unspecified atom stereocenters. The number of morpholine rings is 1. The number of benzene rings is 2. The van der Waals surface area contributed by atoms with E-state index in [0.29, 0.717) is 43.0 Å². The van der Waals surface area contributed by atoms with Crippen LogP contribution in [0.4, 0.5) is 5.69 Å². The van der Waals surface area contributed by atoms with Gasteiger partial charge >= 0.3 is 0 Å². The number of para-hydroxylation sites is 2. The van der Waals surface area contributed by atoms with Crippen molar-refractivity contribution < 1.29 is 18.7 Å². The van der Waals surface area contributed by atoms with E-state index in [-0.39, 0.29) is 17.4 Å². The molecule has 1 aliphatic rings. The summed E-state index contributed by atoms with van der Waals surface area (Å²) in [6.45, 7) is 1.91. The smallest absolute Gasteiger partial charge is 0.291 e. The van der Waals surface area contributed by atoms with Crippen molar-refractivity contribution in [1.29, 1.82) is 0 Å². The molecule has 0 bridgehead atoms. The number of furan rings is 1. The van der Waals surface area contributed by atoms with E-state index >= 15 is 0 Å². The molecule has 1 saturated heterocycles. The third-order valence-corrected chi connectivity index (χ3v) is 5.17. The molecular weight excluding hydrogens is 396 g/mol. The molecule has 0 saturated carbocycles. The van der Waals surface area contributed by atoms with Gasteiger partial charge in [0.15, 0.2) is 5.69 Å². The summed E-state index contributed by atoms with van der Waals surface area (Å²) in [4.78, 5) is 27.7. The van der Waals surface area contributed by atoms with Gasteiger partial charge in [-0.1, -0.05) is 30.3 Å². The van der Waals surface area contributed by atoms with Gasteiger partial charge in [-0.2, -0.15) is 5.10 Å². The number of nitrogens with one attached hydrogen (secondary N) is 1. The second kappa shape index (κ2) is 8.08. The van der Waals surface area contributed by atoms with Crippen molar-refractivity contribution in [3.05, 3.63) is 78.3 Å². The van der Waals surface area contributed by atoms with E-state index in [0.717, 1.165) is 5.69 Å². The molecule has 8 heteroatoms. The predicted octanol–water partition coefficient (Wildman–Crippen LogP) is 3.34. The summed E-state index contributed by atoms with van der Waals surface area (Å²) in [5.41, 5.74) is 1.97. The van der Waals surface area contributed by atoms with Crippen LogP contribution in [0.2, 0.25) is 0 Å². The van der Waals surface area contributed by atoms with Crippen molar-refractivity contribution in [3.8, 4) is 5.69 Å². The number of ether oxygens (including phenoxy) is 1. The average Bonchev–Trinajstić information content (AvgIpc) is 3.46. The van der Waals surface area contributed by atoms with Crippen molar-refractivity contribution in [1.82, 2.24) is 14.7 Å². The van der Waals surface area contributed by atoms with E-state index in [1.54, 1.807) is 27.9 Å². The van der Waals surface area contributed by atoms with Crippen LogP contribution in [-0.2, 0) is 4.74 Å². The number of fused-ring (bicyclic) bond motifs is 1. The van der Waals surface area contributed by atoms with Gasteiger partial charge in [-0.25, -0.2) is 4.68 Å². The molecular formula is C23H20N4O4. The van der Waals surface area contributed by atoms with Gasteiger partial charge in [-0.15, -0.1) is 0 Å². The van der Waals surface area contributed by atoms with Gasteiger partial charge < -0.3 is 19.4 Å². The highest BCUT2D eigenvalue weighted by atomic mass is 16.5. The van der Waals surface area contributed by atoms with Crippen LogP contribution < -0.4 is 5.32 Å². The fourth-order valence-corrected chi connectivity index (χ4v) is 3.58. The van der Waals surface area contributed by atoms with E-state index in [1.807, 2.05) is 48.5 Å². The van der Waals surface area contributed by atoms with E-state index in [4.69, 9.17) is 9.15 Å². The molecule has 0 spiro atoms. The third kappa shape index (κ3) is 3.69. The summed E-state index contributed by atoms with van der Waals surface area (Å²) in [6.07, 6.45) is 1.72. The largest absolute Gasteiger partial charge is 0.449 e. The lowest BCUT2D eigenvalue weighted by Crippen LogP contribution is -2.40. The van der Waals surface area contributed by atoms with E-state index < -0.39 is 5.91 Å². The molecule has 5 rings (SSSR count). The summed E-state index contributed by atoms with van der Waals surface area (Å²) in [5, 5.41) is 7.88. The number of aromatic nitrogens is 2. The Balaban J connectivity index is 1.46. The van der Waals surface area contributed by atoms with E-state index in [2.05, 4.69) is 10.4 Å². The molecule has 0 aliphatic carbocycles. The zero-order chi connectivity index (χ0) is 21.2. The number of rotatable bonds is 4. The van der Waals surface area contributed by atoms with Crippen LogP contribution in [-0.4, -0.2) is 52.8 Å². The monoisotopic (exact) mass is 416 g/mol. The van der Waals surface area contributed by atoms with Crippen LogP contribution in [0.3, 0.4) is 0 Å². The summed E-state index contributed by atoms with van der Waals surface area (Å²) in [6, 6.07) is 18.4. The number of hydrogen-bond donors (Lipinski definition) is 1. The first kappa shape index (κ1) is 19.1. The molecule has 2 aromatic carbocycles. The average molecular weight is 416 g/mol. The SMILES string of the molecule is O=C(Nc1c(C(=O)N2CCOCC2)oc2ccccc12)c1ccn(-c2ccccc2)n1. The molecule has 1 aliphatic heterocycles. The lowest BCUT2D eigenvalue weighted by atomic mass is 10.2. The number of amides is 2. The van der Waals surface area contributed by atoms with Crippen LogP contribution >= 0.6 is 0 Å². The van der Waals surface area contributed by atoms with Crippen LogP contribution in [0.1, 0.15) is 21.0 Å². The summed E-state index contributed by atoms with van der Waals surface area (Å²) < 4.78 is 12.8. The van der Waals surface area contributed by atoms with Crippen molar-refractivity contribution in [2.75, 3.05) is 31.6 Å². The topological polar surface area (TPSA) is 89.6 Å². The minimum absolute atomic E-state index is 0.110. The second-order valence-electron chi connectivity index (χ2n) is 7.14. The Morgan fingerprint density at radius 2 is 1.68 bits per heavy atom. The van der Waals surface area contributed by atoms with Crippen LogP contribution in [0, 0.1) is 0 Å². The molecule has 1 fully saturated rings. The Kier molecular flexibility index (Phi) is 4.97. The standard InChI is InChI=1S/C23H20N4O4/c28-22(18-10-11-27(25-18)16-6-2-1-3-7-16)24-20-17-8-4-5-9-19(17)31-21(20)23(29)26-12-14-30-15-13-26/h1-11H,12-15H2,(H,24,28). The van der Waals surface area contributed by atoms with Gasteiger partial charge in [0.1, 0.15) is 11.3 Å². The summed E-state index contributed by atoms with van der Waals surface area (Å²) in [7, 11) is 0. The molecule has 1 N–H and O–H groups in total. The fourth-order valence-electron chi connectivity index (χ4n) is 3.58. The zero-order valence-electron chi connectivity index (χ0n) is 16.7. The molecule has 31 heavy (non-hydrogen) atoms. The summed E-state index contributed by atoms with van der Waals surface area (Å²) in [5.74, 6) is -0.583. The highest BCUT2D eigenvalue weighted by Crippen LogP contribution is 2.32. The van der Waals surface area contributed by atoms with Crippen LogP contribution in [0.5, 0.6) is 0 Å². The molecule has 3 heterocycles. The first-order valence-corrected chi connectivity index (χ1v) is 10.0. The number of carbonyl (C=O) groups excluding carboxylic acids is 2. The predicted molar refractivity (Wildman–Crippen MR) is 114 cm³/mol. The van der Waals surface area contributed by atoms with Crippen LogP contribution in [0.15, 0.2) is 71.3 Å². The number of hydrogen-bond acceptors (Lipinski definition) is 5. The number of anilines is 1.